The molecule has 0 unspecified atom stereocenters. The Balaban J connectivity index is 0.000000159. The van der Waals surface area contributed by atoms with Gasteiger partial charge in [0.05, 0.1) is 33.1 Å². The minimum atomic E-state index is -4.61. The summed E-state index contributed by atoms with van der Waals surface area (Å²) in [5, 5.41) is 14.0. The monoisotopic (exact) mass is 1380 g/mol. The van der Waals surface area contributed by atoms with E-state index in [2.05, 4.69) is 106 Å². The van der Waals surface area contributed by atoms with Gasteiger partial charge in [0.1, 0.15) is 76.5 Å². The Morgan fingerprint density at radius 2 is 0.753 bits per heavy atom. The third kappa shape index (κ3) is 18.2. The minimum Gasteiger partial charge on any atom is -0.383 e. The molecular weight excluding hydrogens is 1320 g/mol. The zero-order valence-corrected chi connectivity index (χ0v) is 56.6. The van der Waals surface area contributed by atoms with Gasteiger partial charge in [0.2, 0.25) is 17.8 Å². The van der Waals surface area contributed by atoms with E-state index in [1.54, 1.807) is 57.9 Å². The number of nitrogens with one attached hydrogen (secondary N) is 5. The Kier molecular flexibility index (Phi) is 20.9. The largest absolute Gasteiger partial charge is 0.433 e. The van der Waals surface area contributed by atoms with Crippen molar-refractivity contribution in [3.05, 3.63) is 197 Å². The second-order valence-corrected chi connectivity index (χ2v) is 36.4. The summed E-state index contributed by atoms with van der Waals surface area (Å²) >= 11 is 3.51. The minimum absolute atomic E-state index is 0.0967. The molecule has 0 spiro atoms. The number of fused-ring (bicyclic) bond motifs is 3. The van der Waals surface area contributed by atoms with E-state index in [0.29, 0.717) is 79.7 Å². The molecule has 0 aliphatic heterocycles. The summed E-state index contributed by atoms with van der Waals surface area (Å²) in [5.74, 6) is 2.91. The van der Waals surface area contributed by atoms with Gasteiger partial charge >= 0.3 is 15.5 Å². The van der Waals surface area contributed by atoms with Gasteiger partial charge in [-0.3, -0.25) is 32.9 Å². The first-order valence-electron chi connectivity index (χ1n) is 28.4. The number of imidazole rings is 3. The number of nitrogens with zero attached hydrogens (tertiary/aromatic N) is 12. The highest BCUT2D eigenvalue weighted by Gasteiger charge is 2.25. The van der Waals surface area contributed by atoms with E-state index in [1.807, 2.05) is 100 Å². The second kappa shape index (κ2) is 28.6. The van der Waals surface area contributed by atoms with E-state index in [-0.39, 0.29) is 35.2 Å². The third-order valence-corrected chi connectivity index (χ3v) is 15.1. The molecule has 6 heterocycles. The van der Waals surface area contributed by atoms with Crippen LogP contribution in [0.3, 0.4) is 0 Å². The zero-order valence-electron chi connectivity index (χ0n) is 52.2. The first kappa shape index (κ1) is 67.9. The molecule has 24 nitrogen and oxygen atoms in total. The van der Waals surface area contributed by atoms with Gasteiger partial charge in [0.15, 0.2) is 0 Å². The summed E-state index contributed by atoms with van der Waals surface area (Å²) in [5.41, 5.74) is 15.1. The number of nitrogen functional groups attached to an aromatic ring is 1. The standard InChI is InChI=1S/C21H22FN6O3P.C19H18FN6O3P.C19H17FN6.C3H9BrSi/c1-13-5-8-16(9-6-13)24-21-25-19(27-32(29,30-3)31-4)12-20(26-21)28-14(2)23-17-10-7-15(22)11-18(17)28;1-11-3-6-14(7-4-11)22-19-23-17(25-30(27,28)29)10-18(24-19)26-12(2)21-15-8-5-13(20)9-16(15)26;1-11-3-6-14(7-4-11)23-19-24-17(21)10-18(25-19)26-12(2)22-15-8-5-13(20)9-16(15)26;1-5(2,3)4/h5-12H,1-4H3,(H2,24,25,26,27,29);3-10H,1-2H3,(H4,22,23,24,25,27,28,29);3-10H,1-2H3,(H3,21,23,24,25);1-3H3. The van der Waals surface area contributed by atoms with Crippen molar-refractivity contribution in [1.82, 2.24) is 58.6 Å². The number of benzene rings is 6. The van der Waals surface area contributed by atoms with Crippen LogP contribution in [0.4, 0.5) is 65.5 Å². The lowest BCUT2D eigenvalue weighted by atomic mass is 10.2. The zero-order chi connectivity index (χ0) is 67.1. The number of aryl methyl sites for hydroxylation is 6. The number of hydrogen-bond donors (Lipinski definition) is 8. The maximum atomic E-state index is 14.0. The summed E-state index contributed by atoms with van der Waals surface area (Å²) in [6.07, 6.45) is 0. The van der Waals surface area contributed by atoms with Crippen LogP contribution in [0.2, 0.25) is 19.6 Å². The summed E-state index contributed by atoms with van der Waals surface area (Å²) in [4.78, 5) is 58.3. The van der Waals surface area contributed by atoms with Crippen molar-refractivity contribution in [2.24, 2.45) is 0 Å². The van der Waals surface area contributed by atoms with Crippen LogP contribution in [0.25, 0.3) is 50.6 Å². The van der Waals surface area contributed by atoms with E-state index in [1.165, 1.54) is 56.7 Å². The topological polar surface area (TPSA) is 310 Å². The van der Waals surface area contributed by atoms with Gasteiger partial charge in [-0.1, -0.05) is 72.7 Å². The van der Waals surface area contributed by atoms with E-state index in [0.717, 1.165) is 28.1 Å². The normalized spacial score (nSPS) is 11.5. The van der Waals surface area contributed by atoms with Crippen molar-refractivity contribution in [3.63, 3.8) is 0 Å². The molecule has 0 saturated carbocycles. The summed E-state index contributed by atoms with van der Waals surface area (Å²) in [6.45, 7) is 17.2. The SMILES string of the molecule is COP(=O)(Nc1cc(-n2c(C)nc3ccc(F)cc32)nc(Nc2ccc(C)cc2)n1)OC.C[Si](C)(C)Br.Cc1ccc(Nc2nc(N)cc(-n3c(C)nc4ccc(F)cc43)n2)cc1.Cc1ccc(Nc2nc(NP(=O)(O)O)cc(-n3c(C)nc4ccc(F)cc43)n2)cc1. The lowest BCUT2D eigenvalue weighted by Crippen LogP contribution is -2.09. The molecule has 0 atom stereocenters. The van der Waals surface area contributed by atoms with E-state index in [4.69, 9.17) is 14.8 Å². The lowest BCUT2D eigenvalue weighted by Gasteiger charge is -2.17. The molecule has 0 fully saturated rings. The van der Waals surface area contributed by atoms with Crippen molar-refractivity contribution < 1.29 is 41.1 Å². The molecule has 93 heavy (non-hydrogen) atoms. The van der Waals surface area contributed by atoms with Gasteiger partial charge in [-0.2, -0.15) is 29.9 Å². The fourth-order valence-electron chi connectivity index (χ4n) is 9.07. The van der Waals surface area contributed by atoms with Gasteiger partial charge < -0.3 is 31.5 Å². The Labute approximate surface area is 541 Å². The van der Waals surface area contributed by atoms with Crippen LogP contribution >= 0.6 is 30.8 Å². The van der Waals surface area contributed by atoms with Gasteiger partial charge in [0.25, 0.3) is 0 Å². The predicted molar refractivity (Wildman–Crippen MR) is 365 cm³/mol. The molecule has 0 saturated heterocycles. The number of rotatable bonds is 15. The molecule has 0 aliphatic carbocycles. The van der Waals surface area contributed by atoms with Crippen molar-refractivity contribution in [2.45, 2.75) is 61.2 Å². The number of halogens is 4. The second-order valence-electron chi connectivity index (χ2n) is 21.9. The van der Waals surface area contributed by atoms with E-state index >= 15 is 0 Å². The van der Waals surface area contributed by atoms with E-state index < -0.39 is 33.8 Å². The quantitative estimate of drug-likeness (QED) is 0.0269. The van der Waals surface area contributed by atoms with Gasteiger partial charge in [-0.25, -0.2) is 37.3 Å². The smallest absolute Gasteiger partial charge is 0.383 e. The maximum Gasteiger partial charge on any atom is 0.433 e. The van der Waals surface area contributed by atoms with Gasteiger partial charge in [-0.05, 0) is 114 Å². The van der Waals surface area contributed by atoms with Crippen molar-refractivity contribution in [3.8, 4) is 17.5 Å². The summed E-state index contributed by atoms with van der Waals surface area (Å²) < 4.78 is 80.6. The average Bonchev–Trinajstić information content (AvgIpc) is 1.68. The predicted octanol–water partition coefficient (Wildman–Crippen LogP) is 15.1. The highest BCUT2D eigenvalue weighted by molar-refractivity contribution is 9.26. The van der Waals surface area contributed by atoms with Gasteiger partial charge in [-0.15, -0.1) is 15.3 Å². The number of hydrogen-bond acceptors (Lipinski definition) is 17. The van der Waals surface area contributed by atoms with Crippen LogP contribution in [0, 0.1) is 59.0 Å². The van der Waals surface area contributed by atoms with Gasteiger partial charge in [0, 0.05) is 67.7 Å². The van der Waals surface area contributed by atoms with Crippen LogP contribution in [0.15, 0.2) is 146 Å². The summed E-state index contributed by atoms with van der Waals surface area (Å²) in [6, 6.07) is 40.5. The number of anilines is 9. The lowest BCUT2D eigenvalue weighted by molar-refractivity contribution is 0.281. The van der Waals surface area contributed by atoms with Crippen LogP contribution in [-0.4, -0.2) is 89.3 Å². The average molecular weight is 1390 g/mol. The summed E-state index contributed by atoms with van der Waals surface area (Å²) in [7, 11) is -5.71. The first-order valence-corrected chi connectivity index (χ1v) is 37.3. The molecule has 9 N–H and O–H groups in total. The van der Waals surface area contributed by atoms with Crippen LogP contribution in [0.5, 0.6) is 0 Å². The molecule has 12 aromatic rings. The fraction of sp³-hybridized carbons (Fsp3) is 0.177. The van der Waals surface area contributed by atoms with E-state index in [9.17, 15) is 32.1 Å². The molecule has 0 aliphatic rings. The first-order chi connectivity index (χ1) is 44.0. The highest BCUT2D eigenvalue weighted by Crippen LogP contribution is 2.46. The highest BCUT2D eigenvalue weighted by atomic mass is 79.9. The van der Waals surface area contributed by atoms with Crippen LogP contribution in [0.1, 0.15) is 34.2 Å². The van der Waals surface area contributed by atoms with Crippen molar-refractivity contribution in [2.75, 3.05) is 46.1 Å². The molecule has 12 rings (SSSR count). The molecule has 0 amide bonds. The molecule has 482 valence electrons. The molecule has 0 radical (unpaired) electrons. The Hall–Kier alpha value is -9.44. The Morgan fingerprint density at radius 1 is 0.452 bits per heavy atom. The van der Waals surface area contributed by atoms with Crippen LogP contribution in [-0.2, 0) is 18.2 Å². The number of aromatic nitrogens is 12. The van der Waals surface area contributed by atoms with Crippen molar-refractivity contribution >= 4 is 123 Å². The van der Waals surface area contributed by atoms with Crippen molar-refractivity contribution in [1.29, 1.82) is 0 Å². The Morgan fingerprint density at radius 3 is 1.06 bits per heavy atom. The Bertz CT molecular complexity index is 4750. The molecule has 6 aromatic heterocycles. The molecule has 31 heteroatoms. The fourth-order valence-corrected chi connectivity index (χ4v) is 10.2. The third-order valence-electron chi connectivity index (χ3n) is 13.1. The molecular formula is C62H66BrF3N18O6P2Si. The van der Waals surface area contributed by atoms with Crippen LogP contribution < -0.4 is 31.9 Å². The molecule has 0 bridgehead atoms. The molecule has 6 aromatic carbocycles. The maximum absolute atomic E-state index is 14.0. The number of nitrogens with two attached hydrogens (primary N) is 1.